The molecule has 0 radical (unpaired) electrons. The van der Waals surface area contributed by atoms with Gasteiger partial charge < -0.3 is 5.32 Å². The third kappa shape index (κ3) is 2.99. The molecule has 0 aliphatic carbocycles. The first kappa shape index (κ1) is 11.6. The molecule has 1 rings (SSSR count). The van der Waals surface area contributed by atoms with Crippen LogP contribution in [-0.4, -0.2) is 6.54 Å². The Bertz CT molecular complexity index is 363. The maximum Gasteiger partial charge on any atom is 0.101 e. The lowest BCUT2D eigenvalue weighted by Crippen LogP contribution is -2.12. The van der Waals surface area contributed by atoms with E-state index in [0.29, 0.717) is 5.92 Å². The van der Waals surface area contributed by atoms with E-state index >= 15 is 0 Å². The highest BCUT2D eigenvalue weighted by atomic mass is 14.9. The van der Waals surface area contributed by atoms with Crippen LogP contribution in [0.4, 0.5) is 5.69 Å². The van der Waals surface area contributed by atoms with E-state index in [2.05, 4.69) is 25.2 Å². The summed E-state index contributed by atoms with van der Waals surface area (Å²) in [6, 6.07) is 8.02. The number of nitrogens with zero attached hydrogens (tertiary/aromatic N) is 1. The molecule has 1 aromatic carbocycles. The van der Waals surface area contributed by atoms with E-state index in [9.17, 15) is 0 Å². The average Bonchev–Trinajstić information content (AvgIpc) is 2.26. The van der Waals surface area contributed by atoms with Crippen molar-refractivity contribution in [2.45, 2.75) is 27.2 Å². The predicted molar refractivity (Wildman–Crippen MR) is 63.8 cm³/mol. The molecule has 2 heteroatoms. The van der Waals surface area contributed by atoms with Crippen molar-refractivity contribution < 1.29 is 0 Å². The Balaban J connectivity index is 2.80. The minimum Gasteiger partial charge on any atom is -0.383 e. The maximum absolute atomic E-state index is 8.98. The molecule has 1 unspecified atom stereocenters. The van der Waals surface area contributed by atoms with Crippen molar-refractivity contribution in [2.75, 3.05) is 11.9 Å². The molecule has 1 aromatic rings. The van der Waals surface area contributed by atoms with Crippen LogP contribution in [-0.2, 0) is 0 Å². The van der Waals surface area contributed by atoms with Crippen molar-refractivity contribution >= 4 is 5.69 Å². The van der Waals surface area contributed by atoms with E-state index in [0.717, 1.165) is 29.8 Å². The Hall–Kier alpha value is -1.49. The van der Waals surface area contributed by atoms with Crippen LogP contribution in [0.5, 0.6) is 0 Å². The topological polar surface area (TPSA) is 35.8 Å². The summed E-state index contributed by atoms with van der Waals surface area (Å²) in [6.45, 7) is 7.34. The van der Waals surface area contributed by atoms with Crippen LogP contribution in [0.3, 0.4) is 0 Å². The van der Waals surface area contributed by atoms with Crippen molar-refractivity contribution in [1.29, 1.82) is 5.26 Å². The summed E-state index contributed by atoms with van der Waals surface area (Å²) in [7, 11) is 0. The molecule has 0 aliphatic rings. The predicted octanol–water partition coefficient (Wildman–Crippen LogP) is 3.32. The fourth-order valence-electron chi connectivity index (χ4n) is 1.42. The van der Waals surface area contributed by atoms with Crippen LogP contribution in [0, 0.1) is 24.2 Å². The van der Waals surface area contributed by atoms with E-state index in [1.807, 2.05) is 25.1 Å². The highest BCUT2D eigenvalue weighted by Gasteiger charge is 2.05. The zero-order valence-corrected chi connectivity index (χ0v) is 9.67. The van der Waals surface area contributed by atoms with E-state index in [4.69, 9.17) is 5.26 Å². The maximum atomic E-state index is 8.98. The van der Waals surface area contributed by atoms with E-state index in [1.54, 1.807) is 0 Å². The normalized spacial score (nSPS) is 11.9. The average molecular weight is 202 g/mol. The van der Waals surface area contributed by atoms with Gasteiger partial charge in [0.2, 0.25) is 0 Å². The summed E-state index contributed by atoms with van der Waals surface area (Å²) in [5.74, 6) is 0.635. The molecule has 0 spiro atoms. The molecular weight excluding hydrogens is 184 g/mol. The second kappa shape index (κ2) is 5.41. The number of aryl methyl sites for hydroxylation is 1. The van der Waals surface area contributed by atoms with Crippen molar-refractivity contribution in [1.82, 2.24) is 0 Å². The van der Waals surface area contributed by atoms with Gasteiger partial charge in [0.25, 0.3) is 0 Å². The number of hydrogen-bond acceptors (Lipinski definition) is 2. The van der Waals surface area contributed by atoms with Gasteiger partial charge in [-0.3, -0.25) is 0 Å². The lowest BCUT2D eigenvalue weighted by atomic mass is 10.1. The van der Waals surface area contributed by atoms with Crippen molar-refractivity contribution in [3.63, 3.8) is 0 Å². The smallest absolute Gasteiger partial charge is 0.101 e. The standard InChI is InChI=1S/C13H18N2/c1-4-10(2)9-15-13-11(3)6-5-7-12(13)8-14/h5-7,10,15H,4,9H2,1-3H3. The third-order valence-electron chi connectivity index (χ3n) is 2.72. The van der Waals surface area contributed by atoms with Gasteiger partial charge in [-0.2, -0.15) is 5.26 Å². The number of benzene rings is 1. The second-order valence-corrected chi connectivity index (χ2v) is 4.00. The molecule has 15 heavy (non-hydrogen) atoms. The SMILES string of the molecule is CCC(C)CNc1c(C)cccc1C#N. The molecular formula is C13H18N2. The van der Waals surface area contributed by atoms with Gasteiger partial charge in [-0.25, -0.2) is 0 Å². The molecule has 2 nitrogen and oxygen atoms in total. The number of nitrogens with one attached hydrogen (secondary N) is 1. The molecule has 0 bridgehead atoms. The minimum atomic E-state index is 0.635. The first-order valence-corrected chi connectivity index (χ1v) is 5.42. The summed E-state index contributed by atoms with van der Waals surface area (Å²) < 4.78 is 0. The lowest BCUT2D eigenvalue weighted by Gasteiger charge is -2.14. The van der Waals surface area contributed by atoms with Crippen LogP contribution in [0.2, 0.25) is 0 Å². The lowest BCUT2D eigenvalue weighted by molar-refractivity contribution is 0.593. The van der Waals surface area contributed by atoms with Crippen LogP contribution in [0.15, 0.2) is 18.2 Å². The van der Waals surface area contributed by atoms with Crippen LogP contribution < -0.4 is 5.32 Å². The fourth-order valence-corrected chi connectivity index (χ4v) is 1.42. The van der Waals surface area contributed by atoms with Crippen LogP contribution >= 0.6 is 0 Å². The van der Waals surface area contributed by atoms with Gasteiger partial charge in [0.15, 0.2) is 0 Å². The summed E-state index contributed by atoms with van der Waals surface area (Å²) in [6.07, 6.45) is 1.15. The molecule has 0 heterocycles. The Morgan fingerprint density at radius 1 is 1.47 bits per heavy atom. The number of para-hydroxylation sites is 1. The fraction of sp³-hybridized carbons (Fsp3) is 0.462. The van der Waals surface area contributed by atoms with Gasteiger partial charge >= 0.3 is 0 Å². The first-order valence-electron chi connectivity index (χ1n) is 5.42. The monoisotopic (exact) mass is 202 g/mol. The molecule has 0 aromatic heterocycles. The summed E-state index contributed by atoms with van der Waals surface area (Å²) in [5.41, 5.74) is 2.86. The summed E-state index contributed by atoms with van der Waals surface area (Å²) in [5, 5.41) is 12.3. The summed E-state index contributed by atoms with van der Waals surface area (Å²) in [4.78, 5) is 0. The summed E-state index contributed by atoms with van der Waals surface area (Å²) >= 11 is 0. The Morgan fingerprint density at radius 3 is 2.80 bits per heavy atom. The first-order chi connectivity index (χ1) is 7.19. The largest absolute Gasteiger partial charge is 0.383 e. The van der Waals surface area contributed by atoms with E-state index < -0.39 is 0 Å². The van der Waals surface area contributed by atoms with E-state index in [-0.39, 0.29) is 0 Å². The van der Waals surface area contributed by atoms with Gasteiger partial charge in [0, 0.05) is 6.54 Å². The molecule has 0 amide bonds. The Kier molecular flexibility index (Phi) is 4.17. The molecule has 1 N–H and O–H groups in total. The Labute approximate surface area is 91.9 Å². The zero-order valence-electron chi connectivity index (χ0n) is 9.67. The number of rotatable bonds is 4. The van der Waals surface area contributed by atoms with Gasteiger partial charge in [0.05, 0.1) is 11.3 Å². The van der Waals surface area contributed by atoms with Crippen molar-refractivity contribution in [3.8, 4) is 6.07 Å². The van der Waals surface area contributed by atoms with Crippen molar-refractivity contribution in [2.24, 2.45) is 5.92 Å². The van der Waals surface area contributed by atoms with Crippen molar-refractivity contribution in [3.05, 3.63) is 29.3 Å². The van der Waals surface area contributed by atoms with Gasteiger partial charge in [-0.1, -0.05) is 32.4 Å². The highest BCUT2D eigenvalue weighted by molar-refractivity contribution is 5.62. The van der Waals surface area contributed by atoms with Gasteiger partial charge in [-0.15, -0.1) is 0 Å². The third-order valence-corrected chi connectivity index (χ3v) is 2.72. The van der Waals surface area contributed by atoms with Crippen LogP contribution in [0.1, 0.15) is 31.4 Å². The molecule has 0 fully saturated rings. The number of anilines is 1. The zero-order chi connectivity index (χ0) is 11.3. The number of nitriles is 1. The molecule has 80 valence electrons. The minimum absolute atomic E-state index is 0.635. The quantitative estimate of drug-likeness (QED) is 0.813. The molecule has 1 atom stereocenters. The van der Waals surface area contributed by atoms with E-state index in [1.165, 1.54) is 0 Å². The van der Waals surface area contributed by atoms with Crippen LogP contribution in [0.25, 0.3) is 0 Å². The second-order valence-electron chi connectivity index (χ2n) is 4.00. The Morgan fingerprint density at radius 2 is 2.20 bits per heavy atom. The molecule has 0 aliphatic heterocycles. The molecule has 0 saturated heterocycles. The highest BCUT2D eigenvalue weighted by Crippen LogP contribution is 2.20. The van der Waals surface area contributed by atoms with Gasteiger partial charge in [-0.05, 0) is 24.5 Å². The molecule has 0 saturated carbocycles. The van der Waals surface area contributed by atoms with Gasteiger partial charge in [0.1, 0.15) is 6.07 Å². The number of hydrogen-bond donors (Lipinski definition) is 1.